The second-order valence-corrected chi connectivity index (χ2v) is 8.11. The third-order valence-electron chi connectivity index (χ3n) is 3.62. The molecule has 0 spiro atoms. The van der Waals surface area contributed by atoms with Crippen molar-refractivity contribution in [2.75, 3.05) is 24.2 Å². The molecule has 0 aliphatic heterocycles. The van der Waals surface area contributed by atoms with E-state index < -0.39 is 22.5 Å². The first-order valence-corrected chi connectivity index (χ1v) is 10.1. The SMILES string of the molecule is COc1cccc(/C=N\NC(=O)CN(c2cc(Cl)ccc2C)S(C)(=O)=O)c1. The third kappa shape index (κ3) is 5.97. The molecule has 0 unspecified atom stereocenters. The number of anilines is 1. The van der Waals surface area contributed by atoms with Gasteiger partial charge in [-0.25, -0.2) is 13.8 Å². The molecule has 1 N–H and O–H groups in total. The van der Waals surface area contributed by atoms with E-state index in [0.717, 1.165) is 16.1 Å². The number of hydrazone groups is 1. The summed E-state index contributed by atoms with van der Waals surface area (Å²) < 4.78 is 30.4. The minimum absolute atomic E-state index is 0.344. The van der Waals surface area contributed by atoms with Crippen LogP contribution in [0.25, 0.3) is 0 Å². The third-order valence-corrected chi connectivity index (χ3v) is 4.99. The number of nitrogens with zero attached hydrogens (tertiary/aromatic N) is 2. The summed E-state index contributed by atoms with van der Waals surface area (Å²) in [4.78, 5) is 12.2. The molecule has 1 amide bonds. The zero-order valence-corrected chi connectivity index (χ0v) is 16.7. The molecule has 144 valence electrons. The molecule has 0 atom stereocenters. The summed E-state index contributed by atoms with van der Waals surface area (Å²) in [5.74, 6) is 0.0731. The fraction of sp³-hybridized carbons (Fsp3) is 0.222. The van der Waals surface area contributed by atoms with Crippen molar-refractivity contribution in [3.05, 3.63) is 58.6 Å². The molecule has 27 heavy (non-hydrogen) atoms. The van der Waals surface area contributed by atoms with Gasteiger partial charge in [0.25, 0.3) is 5.91 Å². The van der Waals surface area contributed by atoms with Crippen LogP contribution in [0.3, 0.4) is 0 Å². The predicted molar refractivity (Wildman–Crippen MR) is 107 cm³/mol. The Labute approximate surface area is 163 Å². The van der Waals surface area contributed by atoms with E-state index in [-0.39, 0.29) is 0 Å². The van der Waals surface area contributed by atoms with E-state index in [9.17, 15) is 13.2 Å². The van der Waals surface area contributed by atoms with Gasteiger partial charge < -0.3 is 4.74 Å². The smallest absolute Gasteiger partial charge is 0.260 e. The van der Waals surface area contributed by atoms with Crippen molar-refractivity contribution in [1.82, 2.24) is 5.43 Å². The Balaban J connectivity index is 2.12. The van der Waals surface area contributed by atoms with Gasteiger partial charge in [-0.2, -0.15) is 5.10 Å². The molecule has 0 fully saturated rings. The number of aryl methyl sites for hydroxylation is 1. The highest BCUT2D eigenvalue weighted by Gasteiger charge is 2.22. The standard InChI is InChI=1S/C18H20ClN3O4S/c1-13-7-8-15(19)10-17(13)22(27(3,24)25)12-18(23)21-20-11-14-5-4-6-16(9-14)26-2/h4-11H,12H2,1-3H3,(H,21,23)/b20-11-. The first-order chi connectivity index (χ1) is 12.7. The number of methoxy groups -OCH3 is 1. The maximum Gasteiger partial charge on any atom is 0.260 e. The lowest BCUT2D eigenvalue weighted by Gasteiger charge is -2.23. The van der Waals surface area contributed by atoms with E-state index in [0.29, 0.717) is 22.0 Å². The first kappa shape index (κ1) is 20.7. The fourth-order valence-corrected chi connectivity index (χ4v) is 3.37. The Hall–Kier alpha value is -2.58. The molecule has 2 rings (SSSR count). The Bertz CT molecular complexity index is 961. The van der Waals surface area contributed by atoms with Gasteiger partial charge in [0.1, 0.15) is 12.3 Å². The van der Waals surface area contributed by atoms with Crippen LogP contribution in [0.5, 0.6) is 5.75 Å². The molecule has 0 aliphatic carbocycles. The van der Waals surface area contributed by atoms with Crippen molar-refractivity contribution >= 4 is 39.4 Å². The minimum atomic E-state index is -3.69. The zero-order chi connectivity index (χ0) is 20.0. The first-order valence-electron chi connectivity index (χ1n) is 7.90. The number of halogens is 1. The molecule has 0 radical (unpaired) electrons. The maximum absolute atomic E-state index is 12.2. The zero-order valence-electron chi connectivity index (χ0n) is 15.1. The highest BCUT2D eigenvalue weighted by Crippen LogP contribution is 2.26. The number of amides is 1. The van der Waals surface area contributed by atoms with E-state index in [1.807, 2.05) is 0 Å². The maximum atomic E-state index is 12.2. The topological polar surface area (TPSA) is 88.1 Å². The molecule has 2 aromatic rings. The average Bonchev–Trinajstić information content (AvgIpc) is 2.61. The molecule has 0 saturated carbocycles. The summed E-state index contributed by atoms with van der Waals surface area (Å²) in [6.07, 6.45) is 2.47. The van der Waals surface area contributed by atoms with Crippen molar-refractivity contribution in [2.45, 2.75) is 6.92 Å². The molecule has 7 nitrogen and oxygen atoms in total. The van der Waals surface area contributed by atoms with Crippen LogP contribution in [-0.4, -0.2) is 40.4 Å². The van der Waals surface area contributed by atoms with Crippen molar-refractivity contribution < 1.29 is 17.9 Å². The summed E-state index contributed by atoms with van der Waals surface area (Å²) in [5.41, 5.74) is 4.07. The van der Waals surface area contributed by atoms with E-state index in [1.54, 1.807) is 50.4 Å². The van der Waals surface area contributed by atoms with Gasteiger partial charge in [-0.05, 0) is 42.3 Å². The van der Waals surface area contributed by atoms with Gasteiger partial charge >= 0.3 is 0 Å². The van der Waals surface area contributed by atoms with Gasteiger partial charge in [0, 0.05) is 5.02 Å². The van der Waals surface area contributed by atoms with Crippen LogP contribution in [0.15, 0.2) is 47.6 Å². The van der Waals surface area contributed by atoms with Crippen LogP contribution in [0.2, 0.25) is 5.02 Å². The number of benzene rings is 2. The Morgan fingerprint density at radius 2 is 2.04 bits per heavy atom. The molecule has 2 aromatic carbocycles. The van der Waals surface area contributed by atoms with Crippen LogP contribution in [-0.2, 0) is 14.8 Å². The van der Waals surface area contributed by atoms with Crippen molar-refractivity contribution in [3.63, 3.8) is 0 Å². The lowest BCUT2D eigenvalue weighted by atomic mass is 10.2. The lowest BCUT2D eigenvalue weighted by molar-refractivity contribution is -0.119. The largest absolute Gasteiger partial charge is 0.497 e. The summed E-state index contributed by atoms with van der Waals surface area (Å²) >= 11 is 5.97. The Morgan fingerprint density at radius 1 is 1.30 bits per heavy atom. The molecule has 0 aromatic heterocycles. The molecular weight excluding hydrogens is 390 g/mol. The van der Waals surface area contributed by atoms with Gasteiger partial charge in [0.05, 0.1) is 25.3 Å². The second-order valence-electron chi connectivity index (χ2n) is 5.77. The van der Waals surface area contributed by atoms with Gasteiger partial charge in [-0.1, -0.05) is 29.8 Å². The summed E-state index contributed by atoms with van der Waals surface area (Å²) in [5, 5.41) is 4.23. The number of hydrogen-bond acceptors (Lipinski definition) is 5. The summed E-state index contributed by atoms with van der Waals surface area (Å²) in [6, 6.07) is 11.9. The van der Waals surface area contributed by atoms with Crippen LogP contribution in [0.4, 0.5) is 5.69 Å². The highest BCUT2D eigenvalue weighted by molar-refractivity contribution is 7.92. The van der Waals surface area contributed by atoms with Crippen LogP contribution in [0, 0.1) is 6.92 Å². The molecule has 0 aliphatic rings. The van der Waals surface area contributed by atoms with E-state index in [2.05, 4.69) is 10.5 Å². The Kier molecular flexibility index (Phi) is 6.81. The van der Waals surface area contributed by atoms with E-state index in [1.165, 1.54) is 12.3 Å². The van der Waals surface area contributed by atoms with Crippen LogP contribution < -0.4 is 14.5 Å². The Morgan fingerprint density at radius 3 is 2.70 bits per heavy atom. The predicted octanol–water partition coefficient (Wildman–Crippen LogP) is 2.57. The number of nitrogens with one attached hydrogen (secondary N) is 1. The molecule has 0 saturated heterocycles. The molecular formula is C18H20ClN3O4S. The minimum Gasteiger partial charge on any atom is -0.497 e. The molecule has 0 bridgehead atoms. The van der Waals surface area contributed by atoms with E-state index in [4.69, 9.17) is 16.3 Å². The summed E-state index contributed by atoms with van der Waals surface area (Å²) in [7, 11) is -2.14. The lowest BCUT2D eigenvalue weighted by Crippen LogP contribution is -2.39. The fourth-order valence-electron chi connectivity index (χ4n) is 2.30. The number of carbonyl (C=O) groups excluding carboxylic acids is 1. The second kappa shape index (κ2) is 8.88. The number of rotatable bonds is 7. The van der Waals surface area contributed by atoms with Gasteiger partial charge in [-0.3, -0.25) is 9.10 Å². The van der Waals surface area contributed by atoms with Gasteiger partial charge in [-0.15, -0.1) is 0 Å². The van der Waals surface area contributed by atoms with Crippen LogP contribution >= 0.6 is 11.6 Å². The normalized spacial score (nSPS) is 11.4. The number of carbonyl (C=O) groups is 1. The average molecular weight is 410 g/mol. The van der Waals surface area contributed by atoms with Crippen LogP contribution in [0.1, 0.15) is 11.1 Å². The number of hydrogen-bond donors (Lipinski definition) is 1. The monoisotopic (exact) mass is 409 g/mol. The quantitative estimate of drug-likeness (QED) is 0.562. The number of ether oxygens (including phenoxy) is 1. The van der Waals surface area contributed by atoms with Gasteiger partial charge in [0.2, 0.25) is 10.0 Å². The molecule has 0 heterocycles. The van der Waals surface area contributed by atoms with Crippen molar-refractivity contribution in [1.29, 1.82) is 0 Å². The van der Waals surface area contributed by atoms with Crippen molar-refractivity contribution in [3.8, 4) is 5.75 Å². The van der Waals surface area contributed by atoms with E-state index >= 15 is 0 Å². The summed E-state index contributed by atoms with van der Waals surface area (Å²) in [6.45, 7) is 1.32. The number of sulfonamides is 1. The highest BCUT2D eigenvalue weighted by atomic mass is 35.5. The molecule has 9 heteroatoms. The van der Waals surface area contributed by atoms with Crippen molar-refractivity contribution in [2.24, 2.45) is 5.10 Å². The van der Waals surface area contributed by atoms with Gasteiger partial charge in [0.15, 0.2) is 0 Å².